The Morgan fingerprint density at radius 3 is 2.52 bits per heavy atom. The van der Waals surface area contributed by atoms with Crippen LogP contribution in [-0.2, 0) is 16.1 Å². The highest BCUT2D eigenvalue weighted by atomic mass is 16.5. The number of carbonyl (C=O) groups excluding carboxylic acids is 1. The maximum atomic E-state index is 12.1. The number of methoxy groups -OCH3 is 1. The molecule has 4 rings (SSSR count). The quantitative estimate of drug-likeness (QED) is 0.380. The molecule has 3 aromatic carbocycles. The van der Waals surface area contributed by atoms with Crippen LogP contribution in [0.3, 0.4) is 0 Å². The third kappa shape index (κ3) is 5.34. The average Bonchev–Trinajstić information content (AvgIpc) is 2.83. The summed E-state index contributed by atoms with van der Waals surface area (Å²) in [6.45, 7) is 0.285. The van der Waals surface area contributed by atoms with Gasteiger partial charge in [-0.1, -0.05) is 66.7 Å². The predicted molar refractivity (Wildman–Crippen MR) is 123 cm³/mol. The summed E-state index contributed by atoms with van der Waals surface area (Å²) in [4.78, 5) is 12.1. The molecule has 0 bridgehead atoms. The number of esters is 1. The lowest BCUT2D eigenvalue weighted by Crippen LogP contribution is -2.21. The first-order valence-corrected chi connectivity index (χ1v) is 10.6. The molecule has 1 N–H and O–H groups in total. The first-order valence-electron chi connectivity index (χ1n) is 10.6. The van der Waals surface area contributed by atoms with E-state index in [1.165, 1.54) is 11.1 Å². The largest absolute Gasteiger partial charge is 0.497 e. The minimum absolute atomic E-state index is 0.227. The Labute approximate surface area is 183 Å². The predicted octanol–water partition coefficient (Wildman–Crippen LogP) is 6.03. The summed E-state index contributed by atoms with van der Waals surface area (Å²) in [5.41, 5.74) is 4.58. The van der Waals surface area contributed by atoms with E-state index in [4.69, 9.17) is 9.47 Å². The van der Waals surface area contributed by atoms with E-state index in [9.17, 15) is 4.79 Å². The molecule has 0 radical (unpaired) electrons. The highest BCUT2D eigenvalue weighted by Crippen LogP contribution is 2.43. The second kappa shape index (κ2) is 9.98. The monoisotopic (exact) mass is 413 g/mol. The fraction of sp³-hybridized carbons (Fsp3) is 0.222. The van der Waals surface area contributed by atoms with Gasteiger partial charge in [0.25, 0.3) is 0 Å². The Hall–Kier alpha value is -3.53. The molecular formula is C27H27NO3. The van der Waals surface area contributed by atoms with Gasteiger partial charge >= 0.3 is 5.97 Å². The molecule has 4 heteroatoms. The zero-order valence-corrected chi connectivity index (χ0v) is 17.7. The van der Waals surface area contributed by atoms with E-state index in [1.807, 2.05) is 48.5 Å². The molecule has 31 heavy (non-hydrogen) atoms. The van der Waals surface area contributed by atoms with Crippen molar-refractivity contribution in [2.24, 2.45) is 0 Å². The Balaban J connectivity index is 1.45. The molecule has 2 atom stereocenters. The molecule has 4 nitrogen and oxygen atoms in total. The van der Waals surface area contributed by atoms with Crippen LogP contribution in [0, 0.1) is 0 Å². The molecule has 1 aliphatic rings. The highest BCUT2D eigenvalue weighted by molar-refractivity contribution is 5.81. The van der Waals surface area contributed by atoms with Crippen molar-refractivity contribution >= 4 is 11.7 Å². The number of fused-ring (bicyclic) bond motifs is 1. The molecule has 3 aromatic rings. The summed E-state index contributed by atoms with van der Waals surface area (Å²) in [7, 11) is 1.68. The zero-order valence-electron chi connectivity index (χ0n) is 17.7. The number of allylic oxidation sites excluding steroid dienone is 1. The van der Waals surface area contributed by atoms with Gasteiger partial charge in [-0.25, -0.2) is 4.79 Å². The summed E-state index contributed by atoms with van der Waals surface area (Å²) >= 11 is 0. The molecule has 0 aromatic heterocycles. The molecule has 0 saturated heterocycles. The van der Waals surface area contributed by atoms with Crippen molar-refractivity contribution in [3.63, 3.8) is 0 Å². The van der Waals surface area contributed by atoms with Crippen LogP contribution in [0.5, 0.6) is 5.75 Å². The molecular weight excluding hydrogens is 386 g/mol. The number of hydrogen-bond donors (Lipinski definition) is 1. The Kier molecular flexibility index (Phi) is 6.68. The smallest absolute Gasteiger partial charge is 0.330 e. The highest BCUT2D eigenvalue weighted by Gasteiger charge is 2.27. The SMILES string of the molecule is COc1ccc2c(c1)C(C/C=C/C(=O)OCc1ccccc1)CC(c1ccccc1)N2. The fourth-order valence-corrected chi connectivity index (χ4v) is 4.03. The van der Waals surface area contributed by atoms with Crippen LogP contribution in [0.4, 0.5) is 5.69 Å². The van der Waals surface area contributed by atoms with E-state index < -0.39 is 0 Å². The Morgan fingerprint density at radius 1 is 1.03 bits per heavy atom. The second-order valence-electron chi connectivity index (χ2n) is 7.72. The number of ether oxygens (including phenoxy) is 2. The summed E-state index contributed by atoms with van der Waals surface area (Å²) in [6.07, 6.45) is 5.16. The van der Waals surface area contributed by atoms with Crippen LogP contribution in [0.25, 0.3) is 0 Å². The van der Waals surface area contributed by atoms with Crippen molar-refractivity contribution in [3.05, 3.63) is 108 Å². The van der Waals surface area contributed by atoms with Crippen molar-refractivity contribution in [1.82, 2.24) is 0 Å². The average molecular weight is 414 g/mol. The van der Waals surface area contributed by atoms with E-state index in [0.29, 0.717) is 0 Å². The van der Waals surface area contributed by atoms with E-state index in [-0.39, 0.29) is 24.5 Å². The number of carbonyl (C=O) groups is 1. The summed E-state index contributed by atoms with van der Waals surface area (Å²) < 4.78 is 10.8. The van der Waals surface area contributed by atoms with Gasteiger partial charge in [-0.2, -0.15) is 0 Å². The third-order valence-corrected chi connectivity index (χ3v) is 5.65. The molecule has 1 aliphatic heterocycles. The molecule has 0 saturated carbocycles. The van der Waals surface area contributed by atoms with Gasteiger partial charge in [0.15, 0.2) is 0 Å². The number of hydrogen-bond acceptors (Lipinski definition) is 4. The lowest BCUT2D eigenvalue weighted by Gasteiger charge is -2.33. The van der Waals surface area contributed by atoms with Crippen LogP contribution in [-0.4, -0.2) is 13.1 Å². The number of benzene rings is 3. The van der Waals surface area contributed by atoms with E-state index >= 15 is 0 Å². The van der Waals surface area contributed by atoms with Gasteiger partial charge in [-0.05, 0) is 53.6 Å². The molecule has 1 heterocycles. The summed E-state index contributed by atoms with van der Waals surface area (Å²) in [5.74, 6) is 0.799. The Morgan fingerprint density at radius 2 is 1.77 bits per heavy atom. The minimum atomic E-state index is -0.316. The topological polar surface area (TPSA) is 47.6 Å². The molecule has 0 amide bonds. The number of rotatable bonds is 7. The van der Waals surface area contributed by atoms with E-state index in [2.05, 4.69) is 41.7 Å². The van der Waals surface area contributed by atoms with E-state index in [0.717, 1.165) is 29.8 Å². The van der Waals surface area contributed by atoms with Crippen LogP contribution in [0.2, 0.25) is 0 Å². The van der Waals surface area contributed by atoms with Gasteiger partial charge in [-0.3, -0.25) is 0 Å². The van der Waals surface area contributed by atoms with Crippen LogP contribution >= 0.6 is 0 Å². The second-order valence-corrected chi connectivity index (χ2v) is 7.72. The van der Waals surface area contributed by atoms with Gasteiger partial charge in [0, 0.05) is 11.8 Å². The third-order valence-electron chi connectivity index (χ3n) is 5.65. The molecule has 0 spiro atoms. The maximum absolute atomic E-state index is 12.1. The first-order chi connectivity index (χ1) is 15.2. The lowest BCUT2D eigenvalue weighted by molar-refractivity contribution is -0.139. The van der Waals surface area contributed by atoms with Crippen molar-refractivity contribution in [2.45, 2.75) is 31.4 Å². The first kappa shape index (κ1) is 20.7. The summed E-state index contributed by atoms with van der Waals surface area (Å²) in [6, 6.07) is 26.6. The number of nitrogens with one attached hydrogen (secondary N) is 1. The molecule has 0 fully saturated rings. The Bertz CT molecular complexity index is 1030. The van der Waals surface area contributed by atoms with Gasteiger partial charge < -0.3 is 14.8 Å². The van der Waals surface area contributed by atoms with Gasteiger partial charge in [-0.15, -0.1) is 0 Å². The molecule has 0 aliphatic carbocycles. The summed E-state index contributed by atoms with van der Waals surface area (Å²) in [5, 5.41) is 3.66. The zero-order chi connectivity index (χ0) is 21.5. The van der Waals surface area contributed by atoms with Crippen molar-refractivity contribution < 1.29 is 14.3 Å². The van der Waals surface area contributed by atoms with Gasteiger partial charge in [0.05, 0.1) is 13.2 Å². The number of anilines is 1. The van der Waals surface area contributed by atoms with Crippen LogP contribution in [0.1, 0.15) is 41.5 Å². The van der Waals surface area contributed by atoms with Gasteiger partial charge in [0.1, 0.15) is 12.4 Å². The maximum Gasteiger partial charge on any atom is 0.330 e. The van der Waals surface area contributed by atoms with Crippen LogP contribution < -0.4 is 10.1 Å². The fourth-order valence-electron chi connectivity index (χ4n) is 4.03. The van der Waals surface area contributed by atoms with Crippen molar-refractivity contribution in [2.75, 3.05) is 12.4 Å². The minimum Gasteiger partial charge on any atom is -0.497 e. The van der Waals surface area contributed by atoms with Crippen molar-refractivity contribution in [1.29, 1.82) is 0 Å². The van der Waals surface area contributed by atoms with Gasteiger partial charge in [0.2, 0.25) is 0 Å². The van der Waals surface area contributed by atoms with Crippen molar-refractivity contribution in [3.8, 4) is 5.75 Å². The molecule has 2 unspecified atom stereocenters. The van der Waals surface area contributed by atoms with Crippen LogP contribution in [0.15, 0.2) is 91.0 Å². The lowest BCUT2D eigenvalue weighted by atomic mass is 9.82. The molecule has 158 valence electrons. The normalized spacial score (nSPS) is 17.6. The van der Waals surface area contributed by atoms with E-state index in [1.54, 1.807) is 13.2 Å². The standard InChI is InChI=1S/C27H27NO3/c1-30-23-15-16-25-24(18-23)22(17-26(28-25)21-11-6-3-7-12-21)13-8-14-27(29)31-19-20-9-4-2-5-10-20/h2-12,14-16,18,22,26,28H,13,17,19H2,1H3/b14-8+.